The van der Waals surface area contributed by atoms with Crippen LogP contribution < -0.4 is 5.32 Å². The monoisotopic (exact) mass is 181 g/mol. The van der Waals surface area contributed by atoms with Gasteiger partial charge in [0.15, 0.2) is 0 Å². The average Bonchev–Trinajstić information content (AvgIpc) is 2.08. The van der Waals surface area contributed by atoms with Crippen LogP contribution in [0.4, 0.5) is 0 Å². The highest BCUT2D eigenvalue weighted by Crippen LogP contribution is 2.04. The SMILES string of the molecule is C=CCCC(C)=CCCNC(C)C. The van der Waals surface area contributed by atoms with Crippen molar-refractivity contribution in [1.29, 1.82) is 0 Å². The molecule has 0 aromatic carbocycles. The van der Waals surface area contributed by atoms with Crippen molar-refractivity contribution in [1.82, 2.24) is 5.32 Å². The first-order chi connectivity index (χ1) is 6.16. The van der Waals surface area contributed by atoms with Gasteiger partial charge in [0.2, 0.25) is 0 Å². The van der Waals surface area contributed by atoms with E-state index in [0.717, 1.165) is 25.8 Å². The molecule has 13 heavy (non-hydrogen) atoms. The summed E-state index contributed by atoms with van der Waals surface area (Å²) in [4.78, 5) is 0. The predicted molar refractivity (Wildman–Crippen MR) is 60.9 cm³/mol. The van der Waals surface area contributed by atoms with Gasteiger partial charge in [-0.1, -0.05) is 31.6 Å². The molecule has 1 heteroatoms. The molecule has 1 nitrogen and oxygen atoms in total. The van der Waals surface area contributed by atoms with Gasteiger partial charge in [-0.2, -0.15) is 0 Å². The standard InChI is InChI=1S/C12H23N/c1-5-6-8-12(4)9-7-10-13-11(2)3/h5,9,11,13H,1,6-8,10H2,2-4H3. The fourth-order valence-electron chi connectivity index (χ4n) is 1.12. The van der Waals surface area contributed by atoms with Gasteiger partial charge < -0.3 is 5.32 Å². The first-order valence-electron chi connectivity index (χ1n) is 5.16. The lowest BCUT2D eigenvalue weighted by Crippen LogP contribution is -2.23. The molecule has 0 amide bonds. The zero-order valence-electron chi connectivity index (χ0n) is 9.27. The van der Waals surface area contributed by atoms with E-state index in [1.54, 1.807) is 0 Å². The van der Waals surface area contributed by atoms with Crippen molar-refractivity contribution in [3.8, 4) is 0 Å². The van der Waals surface area contributed by atoms with Gasteiger partial charge in [0, 0.05) is 6.04 Å². The van der Waals surface area contributed by atoms with E-state index in [4.69, 9.17) is 0 Å². The molecular weight excluding hydrogens is 158 g/mol. The summed E-state index contributed by atoms with van der Waals surface area (Å²) in [7, 11) is 0. The van der Waals surface area contributed by atoms with E-state index in [1.165, 1.54) is 5.57 Å². The third kappa shape index (κ3) is 9.35. The summed E-state index contributed by atoms with van der Waals surface area (Å²) in [6.45, 7) is 11.3. The van der Waals surface area contributed by atoms with Crippen molar-refractivity contribution >= 4 is 0 Å². The highest BCUT2D eigenvalue weighted by molar-refractivity contribution is 4.99. The lowest BCUT2D eigenvalue weighted by molar-refractivity contribution is 0.594. The second-order valence-corrected chi connectivity index (χ2v) is 3.78. The highest BCUT2D eigenvalue weighted by Gasteiger charge is 1.90. The van der Waals surface area contributed by atoms with Gasteiger partial charge in [-0.15, -0.1) is 6.58 Å². The lowest BCUT2D eigenvalue weighted by atomic mass is 10.1. The Morgan fingerprint density at radius 3 is 2.62 bits per heavy atom. The molecule has 76 valence electrons. The Hall–Kier alpha value is -0.560. The number of allylic oxidation sites excluding steroid dienone is 2. The molecule has 0 heterocycles. The molecule has 1 N–H and O–H groups in total. The number of nitrogens with one attached hydrogen (secondary N) is 1. The van der Waals surface area contributed by atoms with E-state index in [-0.39, 0.29) is 0 Å². The topological polar surface area (TPSA) is 12.0 Å². The van der Waals surface area contributed by atoms with E-state index < -0.39 is 0 Å². The molecule has 0 saturated heterocycles. The number of hydrogen-bond acceptors (Lipinski definition) is 1. The van der Waals surface area contributed by atoms with Gasteiger partial charge in [-0.05, 0) is 32.7 Å². The van der Waals surface area contributed by atoms with Crippen LogP contribution in [0.2, 0.25) is 0 Å². The summed E-state index contributed by atoms with van der Waals surface area (Å²) >= 11 is 0. The third-order valence-corrected chi connectivity index (χ3v) is 1.93. The lowest BCUT2D eigenvalue weighted by Gasteiger charge is -2.05. The first-order valence-corrected chi connectivity index (χ1v) is 5.16. The summed E-state index contributed by atoms with van der Waals surface area (Å²) in [5, 5.41) is 3.39. The molecule has 0 rings (SSSR count). The summed E-state index contributed by atoms with van der Waals surface area (Å²) < 4.78 is 0. The molecule has 0 aliphatic rings. The quantitative estimate of drug-likeness (QED) is 0.469. The first kappa shape index (κ1) is 12.4. The van der Waals surface area contributed by atoms with Crippen molar-refractivity contribution in [3.05, 3.63) is 24.3 Å². The highest BCUT2D eigenvalue weighted by atomic mass is 14.9. The van der Waals surface area contributed by atoms with Gasteiger partial charge in [0.25, 0.3) is 0 Å². The summed E-state index contributed by atoms with van der Waals surface area (Å²) in [6, 6.07) is 0.599. The van der Waals surface area contributed by atoms with Crippen molar-refractivity contribution < 1.29 is 0 Å². The second kappa shape index (κ2) is 8.06. The van der Waals surface area contributed by atoms with Crippen LogP contribution in [0.5, 0.6) is 0 Å². The zero-order valence-corrected chi connectivity index (χ0v) is 9.27. The fraction of sp³-hybridized carbons (Fsp3) is 0.667. The van der Waals surface area contributed by atoms with Crippen molar-refractivity contribution in [2.75, 3.05) is 6.54 Å². The van der Waals surface area contributed by atoms with Crippen LogP contribution in [0.25, 0.3) is 0 Å². The Morgan fingerprint density at radius 2 is 2.08 bits per heavy atom. The number of hydrogen-bond donors (Lipinski definition) is 1. The van der Waals surface area contributed by atoms with Crippen LogP contribution in [0.15, 0.2) is 24.3 Å². The largest absolute Gasteiger partial charge is 0.314 e. The van der Waals surface area contributed by atoms with Crippen LogP contribution in [0.1, 0.15) is 40.0 Å². The second-order valence-electron chi connectivity index (χ2n) is 3.78. The maximum atomic E-state index is 3.71. The molecule has 0 saturated carbocycles. The van der Waals surface area contributed by atoms with Crippen LogP contribution in [0.3, 0.4) is 0 Å². The van der Waals surface area contributed by atoms with Crippen molar-refractivity contribution in [2.45, 2.75) is 46.1 Å². The van der Waals surface area contributed by atoms with Gasteiger partial charge in [0.1, 0.15) is 0 Å². The summed E-state index contributed by atoms with van der Waals surface area (Å²) in [5.74, 6) is 0. The van der Waals surface area contributed by atoms with Gasteiger partial charge in [-0.3, -0.25) is 0 Å². The number of rotatable bonds is 7. The summed E-state index contributed by atoms with van der Waals surface area (Å²) in [6.07, 6.45) is 7.69. The molecule has 0 aliphatic heterocycles. The van der Waals surface area contributed by atoms with Crippen LogP contribution in [0, 0.1) is 0 Å². The van der Waals surface area contributed by atoms with Crippen LogP contribution in [-0.4, -0.2) is 12.6 Å². The predicted octanol–water partition coefficient (Wildman–Crippen LogP) is 3.29. The molecule has 0 aliphatic carbocycles. The Kier molecular flexibility index (Phi) is 7.71. The molecule has 0 bridgehead atoms. The molecule has 0 aromatic heterocycles. The molecule has 0 aromatic rings. The van der Waals surface area contributed by atoms with E-state index in [1.807, 2.05) is 6.08 Å². The van der Waals surface area contributed by atoms with E-state index >= 15 is 0 Å². The van der Waals surface area contributed by atoms with Gasteiger partial charge >= 0.3 is 0 Å². The normalized spacial score (nSPS) is 12.2. The minimum absolute atomic E-state index is 0.599. The average molecular weight is 181 g/mol. The Labute approximate surface area is 82.9 Å². The summed E-state index contributed by atoms with van der Waals surface area (Å²) in [5.41, 5.74) is 1.48. The minimum Gasteiger partial charge on any atom is -0.314 e. The minimum atomic E-state index is 0.599. The van der Waals surface area contributed by atoms with E-state index in [0.29, 0.717) is 6.04 Å². The molecule has 0 fully saturated rings. The van der Waals surface area contributed by atoms with Crippen molar-refractivity contribution in [2.24, 2.45) is 0 Å². The Morgan fingerprint density at radius 1 is 1.38 bits per heavy atom. The van der Waals surface area contributed by atoms with Gasteiger partial charge in [0.05, 0.1) is 0 Å². The fourth-order valence-corrected chi connectivity index (χ4v) is 1.12. The molecular formula is C12H23N. The van der Waals surface area contributed by atoms with E-state index in [9.17, 15) is 0 Å². The zero-order chi connectivity index (χ0) is 10.1. The van der Waals surface area contributed by atoms with Gasteiger partial charge in [-0.25, -0.2) is 0 Å². The molecule has 0 radical (unpaired) electrons. The maximum absolute atomic E-state index is 3.71. The molecule has 0 unspecified atom stereocenters. The van der Waals surface area contributed by atoms with Crippen LogP contribution in [-0.2, 0) is 0 Å². The third-order valence-electron chi connectivity index (χ3n) is 1.93. The van der Waals surface area contributed by atoms with Crippen LogP contribution >= 0.6 is 0 Å². The maximum Gasteiger partial charge on any atom is 0.00105 e. The molecule has 0 atom stereocenters. The Bertz CT molecular complexity index is 157. The smallest absolute Gasteiger partial charge is 0.00105 e. The molecule has 0 spiro atoms. The Balaban J connectivity index is 3.41. The van der Waals surface area contributed by atoms with E-state index in [2.05, 4.69) is 38.7 Å². The van der Waals surface area contributed by atoms with Crippen molar-refractivity contribution in [3.63, 3.8) is 0 Å².